The summed E-state index contributed by atoms with van der Waals surface area (Å²) >= 11 is 0. The van der Waals surface area contributed by atoms with Gasteiger partial charge in [-0.1, -0.05) is 51.1 Å². The molecule has 0 amide bonds. The van der Waals surface area contributed by atoms with Crippen molar-refractivity contribution in [2.24, 2.45) is 0 Å². The van der Waals surface area contributed by atoms with Crippen molar-refractivity contribution < 1.29 is 4.74 Å². The average Bonchev–Trinajstić information content (AvgIpc) is 2.66. The van der Waals surface area contributed by atoms with Gasteiger partial charge in [-0.25, -0.2) is 0 Å². The lowest BCUT2D eigenvalue weighted by Gasteiger charge is -2.19. The second-order valence-corrected chi connectivity index (χ2v) is 7.28. The maximum atomic E-state index is 5.37. The largest absolute Gasteiger partial charge is 0.496 e. The summed E-state index contributed by atoms with van der Waals surface area (Å²) < 4.78 is 5.37. The van der Waals surface area contributed by atoms with Crippen molar-refractivity contribution in [2.75, 3.05) is 17.7 Å². The number of benzene rings is 2. The van der Waals surface area contributed by atoms with Crippen LogP contribution in [-0.4, -0.2) is 22.3 Å². The molecule has 140 valence electrons. The number of hydrogen-bond donors (Lipinski definition) is 2. The number of anilines is 3. The molecule has 0 bridgehead atoms. The molecule has 2 N–H and O–H groups in total. The summed E-state index contributed by atoms with van der Waals surface area (Å²) in [7, 11) is 1.66. The van der Waals surface area contributed by atoms with E-state index in [9.17, 15) is 0 Å². The van der Waals surface area contributed by atoms with Crippen molar-refractivity contribution in [2.45, 2.75) is 32.7 Å². The van der Waals surface area contributed by atoms with Gasteiger partial charge >= 0.3 is 0 Å². The van der Waals surface area contributed by atoms with Crippen LogP contribution >= 0.6 is 0 Å². The zero-order valence-corrected chi connectivity index (χ0v) is 16.2. The molecule has 2 aromatic carbocycles. The lowest BCUT2D eigenvalue weighted by Crippen LogP contribution is -2.10. The van der Waals surface area contributed by atoms with Gasteiger partial charge in [0.1, 0.15) is 5.75 Å². The maximum absolute atomic E-state index is 5.37. The molecule has 3 rings (SSSR count). The van der Waals surface area contributed by atoms with Crippen LogP contribution in [-0.2, 0) is 12.0 Å². The van der Waals surface area contributed by atoms with Gasteiger partial charge in [0, 0.05) is 17.8 Å². The van der Waals surface area contributed by atoms with Crippen molar-refractivity contribution in [3.05, 3.63) is 65.9 Å². The second kappa shape index (κ2) is 8.03. The van der Waals surface area contributed by atoms with Gasteiger partial charge in [0.15, 0.2) is 5.82 Å². The number of nitrogens with zero attached hydrogens (tertiary/aromatic N) is 3. The van der Waals surface area contributed by atoms with Crippen LogP contribution in [0.3, 0.4) is 0 Å². The third kappa shape index (κ3) is 4.94. The summed E-state index contributed by atoms with van der Waals surface area (Å²) in [5.74, 6) is 1.93. The van der Waals surface area contributed by atoms with Crippen molar-refractivity contribution >= 4 is 17.5 Å². The van der Waals surface area contributed by atoms with Crippen molar-refractivity contribution in [1.29, 1.82) is 0 Å². The van der Waals surface area contributed by atoms with E-state index >= 15 is 0 Å². The van der Waals surface area contributed by atoms with E-state index in [0.29, 0.717) is 18.3 Å². The molecule has 1 aromatic heterocycles. The van der Waals surface area contributed by atoms with Crippen molar-refractivity contribution in [3.63, 3.8) is 0 Å². The van der Waals surface area contributed by atoms with Gasteiger partial charge in [-0.3, -0.25) is 0 Å². The average molecular weight is 363 g/mol. The molecule has 0 aliphatic heterocycles. The standard InChI is InChI=1S/C21H25N5O/c1-21(2,3)16-9-11-17(12-10-16)24-20-25-19(14-23-26-20)22-13-15-7-5-6-8-18(15)27-4/h5-12,14H,13H2,1-4H3,(H2,22,24,25,26). The Balaban J connectivity index is 1.67. The number of hydrogen-bond acceptors (Lipinski definition) is 6. The first-order valence-corrected chi connectivity index (χ1v) is 8.89. The molecule has 0 spiro atoms. The fraction of sp³-hybridized carbons (Fsp3) is 0.286. The SMILES string of the molecule is COc1ccccc1CNc1cnnc(Nc2ccc(C(C)(C)C)cc2)n1. The predicted octanol–water partition coefficient (Wildman–Crippen LogP) is 4.53. The minimum Gasteiger partial charge on any atom is -0.496 e. The van der Waals surface area contributed by atoms with E-state index in [1.807, 2.05) is 36.4 Å². The van der Waals surface area contributed by atoms with Gasteiger partial charge in [-0.05, 0) is 29.2 Å². The highest BCUT2D eigenvalue weighted by Crippen LogP contribution is 2.24. The molecule has 0 atom stereocenters. The fourth-order valence-electron chi connectivity index (χ4n) is 2.66. The van der Waals surface area contributed by atoms with Crippen LogP contribution in [0, 0.1) is 0 Å². The van der Waals surface area contributed by atoms with E-state index in [4.69, 9.17) is 4.74 Å². The smallest absolute Gasteiger partial charge is 0.249 e. The zero-order valence-electron chi connectivity index (χ0n) is 16.2. The molecule has 27 heavy (non-hydrogen) atoms. The molecule has 1 heterocycles. The molecule has 6 heteroatoms. The summed E-state index contributed by atoms with van der Waals surface area (Å²) in [6, 6.07) is 16.1. The van der Waals surface area contributed by atoms with Crippen LogP contribution < -0.4 is 15.4 Å². The van der Waals surface area contributed by atoms with Crippen LogP contribution in [0.25, 0.3) is 0 Å². The number of methoxy groups -OCH3 is 1. The number of para-hydroxylation sites is 1. The van der Waals surface area contributed by atoms with E-state index < -0.39 is 0 Å². The minimum absolute atomic E-state index is 0.124. The summed E-state index contributed by atoms with van der Waals surface area (Å²) in [6.07, 6.45) is 1.60. The molecule has 0 saturated carbocycles. The molecular weight excluding hydrogens is 338 g/mol. The first kappa shape index (κ1) is 18.6. The Morgan fingerprint density at radius 2 is 1.74 bits per heavy atom. The Hall–Kier alpha value is -3.15. The van der Waals surface area contributed by atoms with E-state index in [2.05, 4.69) is 58.7 Å². The molecule has 0 fully saturated rings. The Kier molecular flexibility index (Phi) is 5.54. The summed E-state index contributed by atoms with van der Waals surface area (Å²) in [5, 5.41) is 14.5. The lowest BCUT2D eigenvalue weighted by atomic mass is 9.87. The Morgan fingerprint density at radius 3 is 2.44 bits per heavy atom. The van der Waals surface area contributed by atoms with Crippen LogP contribution in [0.4, 0.5) is 17.5 Å². The molecule has 0 aliphatic rings. The van der Waals surface area contributed by atoms with Crippen LogP contribution in [0.1, 0.15) is 31.9 Å². The van der Waals surface area contributed by atoms with E-state index in [1.165, 1.54) is 5.56 Å². The molecule has 6 nitrogen and oxygen atoms in total. The van der Waals surface area contributed by atoms with E-state index in [-0.39, 0.29) is 5.41 Å². The molecule has 0 unspecified atom stereocenters. The summed E-state index contributed by atoms with van der Waals surface area (Å²) in [4.78, 5) is 4.47. The second-order valence-electron chi connectivity index (χ2n) is 7.28. The molecule has 3 aromatic rings. The summed E-state index contributed by atoms with van der Waals surface area (Å²) in [6.45, 7) is 7.17. The van der Waals surface area contributed by atoms with Gasteiger partial charge in [-0.15, -0.1) is 5.10 Å². The molecule has 0 saturated heterocycles. The normalized spacial score (nSPS) is 11.1. The maximum Gasteiger partial charge on any atom is 0.249 e. The van der Waals surface area contributed by atoms with Gasteiger partial charge in [0.2, 0.25) is 5.95 Å². The number of rotatable bonds is 6. The topological polar surface area (TPSA) is 72.0 Å². The highest BCUT2D eigenvalue weighted by atomic mass is 16.5. The number of ether oxygens (including phenoxy) is 1. The quantitative estimate of drug-likeness (QED) is 0.670. The van der Waals surface area contributed by atoms with Gasteiger partial charge in [-0.2, -0.15) is 10.1 Å². The first-order valence-electron chi connectivity index (χ1n) is 8.89. The third-order valence-corrected chi connectivity index (χ3v) is 4.22. The first-order chi connectivity index (χ1) is 13.0. The van der Waals surface area contributed by atoms with Crippen LogP contribution in [0.15, 0.2) is 54.7 Å². The van der Waals surface area contributed by atoms with Gasteiger partial charge in [0.25, 0.3) is 0 Å². The molecule has 0 radical (unpaired) electrons. The Morgan fingerprint density at radius 1 is 1.00 bits per heavy atom. The van der Waals surface area contributed by atoms with Gasteiger partial charge in [0.05, 0.1) is 13.3 Å². The monoisotopic (exact) mass is 363 g/mol. The Labute approximate surface area is 160 Å². The Bertz CT molecular complexity index is 888. The molecule has 0 aliphatic carbocycles. The number of nitrogens with one attached hydrogen (secondary N) is 2. The predicted molar refractivity (Wildman–Crippen MR) is 109 cm³/mol. The molecular formula is C21H25N5O. The van der Waals surface area contributed by atoms with Crippen molar-refractivity contribution in [3.8, 4) is 5.75 Å². The third-order valence-electron chi connectivity index (χ3n) is 4.22. The fourth-order valence-corrected chi connectivity index (χ4v) is 2.66. The summed E-state index contributed by atoms with van der Waals surface area (Å²) in [5.41, 5.74) is 3.37. The number of aromatic nitrogens is 3. The highest BCUT2D eigenvalue weighted by Gasteiger charge is 2.13. The highest BCUT2D eigenvalue weighted by molar-refractivity contribution is 5.55. The van der Waals surface area contributed by atoms with Crippen molar-refractivity contribution in [1.82, 2.24) is 15.2 Å². The van der Waals surface area contributed by atoms with Gasteiger partial charge < -0.3 is 15.4 Å². The van der Waals surface area contributed by atoms with Crippen LogP contribution in [0.5, 0.6) is 5.75 Å². The van der Waals surface area contributed by atoms with Crippen LogP contribution in [0.2, 0.25) is 0 Å². The minimum atomic E-state index is 0.124. The lowest BCUT2D eigenvalue weighted by molar-refractivity contribution is 0.410. The zero-order chi connectivity index (χ0) is 19.3. The van der Waals surface area contributed by atoms with E-state index in [1.54, 1.807) is 13.3 Å². The van der Waals surface area contributed by atoms with E-state index in [0.717, 1.165) is 17.0 Å².